The Hall–Kier alpha value is -0.630. The smallest absolute Gasteiger partial charge is 0.102 e. The van der Waals surface area contributed by atoms with Gasteiger partial charge in [-0.1, -0.05) is 6.58 Å². The second-order valence-corrected chi connectivity index (χ2v) is 3.05. The van der Waals surface area contributed by atoms with Crippen LogP contribution in [0.4, 0.5) is 0 Å². The summed E-state index contributed by atoms with van der Waals surface area (Å²) in [7, 11) is 1.96. The summed E-state index contributed by atoms with van der Waals surface area (Å²) in [5, 5.41) is 3.19. The van der Waals surface area contributed by atoms with Crippen LogP contribution in [-0.4, -0.2) is 18.9 Å². The highest BCUT2D eigenvalue weighted by molar-refractivity contribution is 5.92. The number of allylic oxidation sites excluding steroid dienone is 1. The fourth-order valence-electron chi connectivity index (χ4n) is 1.09. The molecule has 0 aromatic rings. The predicted octanol–water partition coefficient (Wildman–Crippen LogP) is 1.59. The maximum atomic E-state index is 4.46. The molecule has 2 heteroatoms. The number of nitrogens with zero attached hydrogens (tertiary/aromatic N) is 1. The van der Waals surface area contributed by atoms with Crippen molar-refractivity contribution in [2.45, 2.75) is 25.9 Å². The Labute approximate surface area is 68.4 Å². The van der Waals surface area contributed by atoms with Crippen LogP contribution in [0.3, 0.4) is 0 Å². The second-order valence-electron chi connectivity index (χ2n) is 3.05. The zero-order valence-electron chi connectivity index (χ0n) is 7.30. The molecule has 0 bridgehead atoms. The predicted molar refractivity (Wildman–Crippen MR) is 48.9 cm³/mol. The monoisotopic (exact) mass is 152 g/mol. The molecular formula is C9H16N2. The molecule has 2 nitrogen and oxygen atoms in total. The first-order valence-corrected chi connectivity index (χ1v) is 4.12. The molecule has 1 rings (SSSR count). The van der Waals surface area contributed by atoms with Gasteiger partial charge in [-0.15, -0.1) is 0 Å². The molecule has 1 fully saturated rings. The third-order valence-electron chi connectivity index (χ3n) is 2.00. The lowest BCUT2D eigenvalue weighted by Crippen LogP contribution is -2.25. The molecule has 0 amide bonds. The molecule has 0 aromatic heterocycles. The normalized spacial score (nSPS) is 21.5. The summed E-state index contributed by atoms with van der Waals surface area (Å²) < 4.78 is 0. The fourth-order valence-corrected chi connectivity index (χ4v) is 1.09. The van der Waals surface area contributed by atoms with E-state index in [0.717, 1.165) is 11.6 Å². The molecule has 62 valence electrons. The highest BCUT2D eigenvalue weighted by Crippen LogP contribution is 2.32. The lowest BCUT2D eigenvalue weighted by Gasteiger charge is -2.09. The van der Waals surface area contributed by atoms with Crippen molar-refractivity contribution in [1.29, 1.82) is 0 Å². The van der Waals surface area contributed by atoms with E-state index in [2.05, 4.69) is 16.9 Å². The molecule has 1 aliphatic rings. The Morgan fingerprint density at radius 2 is 2.36 bits per heavy atom. The fraction of sp³-hybridized carbons (Fsp3) is 0.667. The van der Waals surface area contributed by atoms with Crippen molar-refractivity contribution in [3.8, 4) is 0 Å². The Kier molecular flexibility index (Phi) is 2.83. The standard InChI is InChI=1S/C9H16N2/c1-4-7(2)11-9(10-3)8-5-6-8/h4,8-10H,1,5-6H2,2-3H3. The summed E-state index contributed by atoms with van der Waals surface area (Å²) in [6.45, 7) is 5.65. The minimum atomic E-state index is 0.327. The van der Waals surface area contributed by atoms with E-state index in [9.17, 15) is 0 Å². The molecule has 0 aliphatic heterocycles. The van der Waals surface area contributed by atoms with Crippen molar-refractivity contribution in [2.24, 2.45) is 10.9 Å². The van der Waals surface area contributed by atoms with Gasteiger partial charge in [0.1, 0.15) is 6.17 Å². The van der Waals surface area contributed by atoms with Gasteiger partial charge in [0, 0.05) is 5.71 Å². The summed E-state index contributed by atoms with van der Waals surface area (Å²) >= 11 is 0. The largest absolute Gasteiger partial charge is 0.299 e. The molecular weight excluding hydrogens is 136 g/mol. The van der Waals surface area contributed by atoms with Crippen LogP contribution in [0.5, 0.6) is 0 Å². The average Bonchev–Trinajstić information content (AvgIpc) is 2.82. The number of hydrogen-bond donors (Lipinski definition) is 1. The van der Waals surface area contributed by atoms with Crippen molar-refractivity contribution < 1.29 is 0 Å². The van der Waals surface area contributed by atoms with E-state index < -0.39 is 0 Å². The van der Waals surface area contributed by atoms with Crippen molar-refractivity contribution in [3.05, 3.63) is 12.7 Å². The first-order chi connectivity index (χ1) is 5.27. The van der Waals surface area contributed by atoms with E-state index in [1.807, 2.05) is 14.0 Å². The zero-order valence-corrected chi connectivity index (χ0v) is 7.30. The van der Waals surface area contributed by atoms with Gasteiger partial charge in [0.2, 0.25) is 0 Å². The van der Waals surface area contributed by atoms with Crippen LogP contribution in [0.15, 0.2) is 17.6 Å². The summed E-state index contributed by atoms with van der Waals surface area (Å²) in [5.41, 5.74) is 1.02. The molecule has 1 atom stereocenters. The first-order valence-electron chi connectivity index (χ1n) is 4.12. The zero-order chi connectivity index (χ0) is 8.27. The molecule has 1 unspecified atom stereocenters. The molecule has 1 N–H and O–H groups in total. The Balaban J connectivity index is 2.47. The summed E-state index contributed by atoms with van der Waals surface area (Å²) in [5.74, 6) is 0.773. The van der Waals surface area contributed by atoms with Crippen LogP contribution in [0.25, 0.3) is 0 Å². The highest BCUT2D eigenvalue weighted by atomic mass is 15.1. The Morgan fingerprint density at radius 1 is 1.73 bits per heavy atom. The molecule has 0 aromatic carbocycles. The van der Waals surface area contributed by atoms with Crippen LogP contribution in [-0.2, 0) is 0 Å². The van der Waals surface area contributed by atoms with Gasteiger partial charge in [0.25, 0.3) is 0 Å². The first kappa shape index (κ1) is 8.47. The quantitative estimate of drug-likeness (QED) is 0.608. The molecule has 1 saturated carbocycles. The van der Waals surface area contributed by atoms with Crippen molar-refractivity contribution in [2.75, 3.05) is 7.05 Å². The van der Waals surface area contributed by atoms with E-state index in [1.54, 1.807) is 6.08 Å². The maximum absolute atomic E-state index is 4.46. The number of rotatable bonds is 4. The number of nitrogens with one attached hydrogen (secondary N) is 1. The molecule has 0 heterocycles. The van der Waals surface area contributed by atoms with Gasteiger partial charge < -0.3 is 0 Å². The van der Waals surface area contributed by atoms with Gasteiger partial charge in [-0.25, -0.2) is 0 Å². The topological polar surface area (TPSA) is 24.4 Å². The van der Waals surface area contributed by atoms with E-state index in [1.165, 1.54) is 12.8 Å². The van der Waals surface area contributed by atoms with E-state index in [-0.39, 0.29) is 0 Å². The number of aliphatic imine (C=N–C) groups is 1. The van der Waals surface area contributed by atoms with Crippen LogP contribution in [0.2, 0.25) is 0 Å². The van der Waals surface area contributed by atoms with Gasteiger partial charge in [-0.2, -0.15) is 0 Å². The lowest BCUT2D eigenvalue weighted by atomic mass is 10.3. The maximum Gasteiger partial charge on any atom is 0.102 e. The van der Waals surface area contributed by atoms with Crippen LogP contribution in [0.1, 0.15) is 19.8 Å². The molecule has 0 radical (unpaired) electrons. The lowest BCUT2D eigenvalue weighted by molar-refractivity contribution is 0.525. The summed E-state index contributed by atoms with van der Waals surface area (Å²) in [6.07, 6.45) is 4.76. The second kappa shape index (κ2) is 3.67. The van der Waals surface area contributed by atoms with Gasteiger partial charge >= 0.3 is 0 Å². The Morgan fingerprint density at radius 3 is 2.73 bits per heavy atom. The van der Waals surface area contributed by atoms with Gasteiger partial charge in [0.15, 0.2) is 0 Å². The summed E-state index contributed by atoms with van der Waals surface area (Å²) in [4.78, 5) is 4.46. The SMILES string of the molecule is C=CC(C)=NC(NC)C1CC1. The Bertz CT molecular complexity index is 168. The molecule has 0 saturated heterocycles. The third-order valence-corrected chi connectivity index (χ3v) is 2.00. The molecule has 0 spiro atoms. The van der Waals surface area contributed by atoms with Crippen LogP contribution >= 0.6 is 0 Å². The average molecular weight is 152 g/mol. The minimum absolute atomic E-state index is 0.327. The number of hydrogen-bond acceptors (Lipinski definition) is 2. The van der Waals surface area contributed by atoms with Gasteiger partial charge in [0.05, 0.1) is 0 Å². The van der Waals surface area contributed by atoms with Crippen LogP contribution in [0, 0.1) is 5.92 Å². The minimum Gasteiger partial charge on any atom is -0.299 e. The molecule has 11 heavy (non-hydrogen) atoms. The van der Waals surface area contributed by atoms with Gasteiger partial charge in [-0.05, 0) is 38.8 Å². The molecule has 1 aliphatic carbocycles. The van der Waals surface area contributed by atoms with Crippen molar-refractivity contribution in [3.63, 3.8) is 0 Å². The van der Waals surface area contributed by atoms with Gasteiger partial charge in [-0.3, -0.25) is 10.3 Å². The summed E-state index contributed by atoms with van der Waals surface area (Å²) in [6, 6.07) is 0. The van der Waals surface area contributed by atoms with E-state index in [4.69, 9.17) is 0 Å². The third kappa shape index (κ3) is 2.46. The van der Waals surface area contributed by atoms with Crippen LogP contribution < -0.4 is 5.32 Å². The van der Waals surface area contributed by atoms with Crippen molar-refractivity contribution in [1.82, 2.24) is 5.32 Å². The van der Waals surface area contributed by atoms with E-state index in [0.29, 0.717) is 6.17 Å². The highest BCUT2D eigenvalue weighted by Gasteiger charge is 2.29. The van der Waals surface area contributed by atoms with Crippen molar-refractivity contribution >= 4 is 5.71 Å². The van der Waals surface area contributed by atoms with E-state index >= 15 is 0 Å².